The Bertz CT molecular complexity index is 167. The SMILES string of the molecule is CN1CCNC2(CCN(C)C2)C1. The molecule has 1 N–H and O–H groups in total. The zero-order valence-electron chi connectivity index (χ0n) is 8.14. The summed E-state index contributed by atoms with van der Waals surface area (Å²) in [5.74, 6) is 0. The van der Waals surface area contributed by atoms with E-state index in [0.717, 1.165) is 6.54 Å². The van der Waals surface area contributed by atoms with Crippen molar-refractivity contribution in [2.24, 2.45) is 0 Å². The Labute approximate surface area is 74.7 Å². The van der Waals surface area contributed by atoms with Crippen molar-refractivity contribution in [3.8, 4) is 0 Å². The van der Waals surface area contributed by atoms with Crippen LogP contribution in [-0.4, -0.2) is 62.2 Å². The Morgan fingerprint density at radius 3 is 2.33 bits per heavy atom. The average Bonchev–Trinajstić information content (AvgIpc) is 2.32. The lowest BCUT2D eigenvalue weighted by Gasteiger charge is -2.39. The molecule has 0 aromatic heterocycles. The zero-order chi connectivity index (χ0) is 8.60. The zero-order valence-corrected chi connectivity index (χ0v) is 8.14. The molecular formula is C9H19N3. The Morgan fingerprint density at radius 1 is 1.08 bits per heavy atom. The summed E-state index contributed by atoms with van der Waals surface area (Å²) in [7, 11) is 4.44. The molecule has 0 radical (unpaired) electrons. The number of rotatable bonds is 0. The second-order valence-electron chi connectivity index (χ2n) is 4.43. The van der Waals surface area contributed by atoms with Crippen molar-refractivity contribution in [2.75, 3.05) is 46.8 Å². The van der Waals surface area contributed by atoms with Crippen molar-refractivity contribution in [1.29, 1.82) is 0 Å². The average molecular weight is 169 g/mol. The fourth-order valence-corrected chi connectivity index (χ4v) is 2.52. The third kappa shape index (κ3) is 1.49. The molecule has 0 amide bonds. The highest BCUT2D eigenvalue weighted by atomic mass is 15.3. The van der Waals surface area contributed by atoms with Crippen molar-refractivity contribution >= 4 is 0 Å². The second kappa shape index (κ2) is 2.98. The minimum atomic E-state index is 0.418. The van der Waals surface area contributed by atoms with Gasteiger partial charge in [-0.2, -0.15) is 0 Å². The van der Waals surface area contributed by atoms with Gasteiger partial charge in [0.25, 0.3) is 0 Å². The molecule has 0 saturated carbocycles. The molecule has 0 aliphatic carbocycles. The molecule has 1 unspecified atom stereocenters. The molecule has 0 aromatic carbocycles. The first kappa shape index (κ1) is 8.48. The number of piperazine rings is 1. The number of likely N-dealkylation sites (tertiary alicyclic amines) is 1. The van der Waals surface area contributed by atoms with Gasteiger partial charge in [-0.15, -0.1) is 0 Å². The van der Waals surface area contributed by atoms with Gasteiger partial charge in [0, 0.05) is 31.7 Å². The van der Waals surface area contributed by atoms with Gasteiger partial charge in [0.2, 0.25) is 0 Å². The van der Waals surface area contributed by atoms with Gasteiger partial charge in [0.15, 0.2) is 0 Å². The van der Waals surface area contributed by atoms with Crippen LogP contribution in [0, 0.1) is 0 Å². The van der Waals surface area contributed by atoms with E-state index in [9.17, 15) is 0 Å². The minimum absolute atomic E-state index is 0.418. The van der Waals surface area contributed by atoms with E-state index >= 15 is 0 Å². The Morgan fingerprint density at radius 2 is 1.75 bits per heavy atom. The molecule has 2 rings (SSSR count). The highest BCUT2D eigenvalue weighted by Crippen LogP contribution is 2.22. The minimum Gasteiger partial charge on any atom is -0.308 e. The maximum Gasteiger partial charge on any atom is 0.0449 e. The van der Waals surface area contributed by atoms with E-state index in [1.807, 2.05) is 0 Å². The van der Waals surface area contributed by atoms with Crippen molar-refractivity contribution in [1.82, 2.24) is 15.1 Å². The van der Waals surface area contributed by atoms with Gasteiger partial charge in [-0.1, -0.05) is 0 Å². The Balaban J connectivity index is 2.00. The molecule has 12 heavy (non-hydrogen) atoms. The second-order valence-corrected chi connectivity index (χ2v) is 4.43. The summed E-state index contributed by atoms with van der Waals surface area (Å²) in [6.07, 6.45) is 1.31. The van der Waals surface area contributed by atoms with Crippen LogP contribution in [0.5, 0.6) is 0 Å². The Kier molecular flexibility index (Phi) is 2.10. The molecule has 0 aromatic rings. The van der Waals surface area contributed by atoms with Crippen LogP contribution < -0.4 is 5.32 Å². The van der Waals surface area contributed by atoms with Gasteiger partial charge in [-0.05, 0) is 27.1 Å². The van der Waals surface area contributed by atoms with Gasteiger partial charge >= 0.3 is 0 Å². The van der Waals surface area contributed by atoms with Gasteiger partial charge in [0.05, 0.1) is 0 Å². The summed E-state index contributed by atoms with van der Waals surface area (Å²) in [6.45, 7) is 6.05. The molecular weight excluding hydrogens is 150 g/mol. The van der Waals surface area contributed by atoms with E-state index in [1.165, 1.54) is 32.6 Å². The smallest absolute Gasteiger partial charge is 0.0449 e. The van der Waals surface area contributed by atoms with Crippen molar-refractivity contribution < 1.29 is 0 Å². The lowest BCUT2D eigenvalue weighted by atomic mass is 9.96. The Hall–Kier alpha value is -0.120. The summed E-state index contributed by atoms with van der Waals surface area (Å²) in [5.41, 5.74) is 0.418. The summed E-state index contributed by atoms with van der Waals surface area (Å²) in [4.78, 5) is 4.86. The van der Waals surface area contributed by atoms with E-state index in [0.29, 0.717) is 5.54 Å². The van der Waals surface area contributed by atoms with Crippen molar-refractivity contribution in [3.63, 3.8) is 0 Å². The van der Waals surface area contributed by atoms with E-state index in [4.69, 9.17) is 0 Å². The number of likely N-dealkylation sites (N-methyl/N-ethyl adjacent to an activating group) is 2. The number of nitrogens with zero attached hydrogens (tertiary/aromatic N) is 2. The first-order chi connectivity index (χ1) is 5.70. The van der Waals surface area contributed by atoms with Crippen LogP contribution >= 0.6 is 0 Å². The van der Waals surface area contributed by atoms with E-state index in [1.54, 1.807) is 0 Å². The molecule has 2 saturated heterocycles. The van der Waals surface area contributed by atoms with Gasteiger partial charge in [0.1, 0.15) is 0 Å². The van der Waals surface area contributed by atoms with Crippen LogP contribution in [0.4, 0.5) is 0 Å². The molecule has 3 nitrogen and oxygen atoms in total. The first-order valence-electron chi connectivity index (χ1n) is 4.82. The number of hydrogen-bond acceptors (Lipinski definition) is 3. The number of hydrogen-bond donors (Lipinski definition) is 1. The van der Waals surface area contributed by atoms with Crippen LogP contribution in [0.25, 0.3) is 0 Å². The maximum atomic E-state index is 3.67. The lowest BCUT2D eigenvalue weighted by molar-refractivity contribution is 0.161. The van der Waals surface area contributed by atoms with E-state index < -0.39 is 0 Å². The van der Waals surface area contributed by atoms with Crippen LogP contribution in [-0.2, 0) is 0 Å². The molecule has 2 aliphatic heterocycles. The van der Waals surface area contributed by atoms with Gasteiger partial charge in [-0.3, -0.25) is 0 Å². The summed E-state index contributed by atoms with van der Waals surface area (Å²) < 4.78 is 0. The third-order valence-corrected chi connectivity index (χ3v) is 3.11. The monoisotopic (exact) mass is 169 g/mol. The predicted octanol–water partition coefficient (Wildman–Crippen LogP) is -0.404. The highest BCUT2D eigenvalue weighted by molar-refractivity contribution is 5.00. The van der Waals surface area contributed by atoms with Crippen molar-refractivity contribution in [3.05, 3.63) is 0 Å². The highest BCUT2D eigenvalue weighted by Gasteiger charge is 2.38. The maximum absolute atomic E-state index is 3.67. The van der Waals surface area contributed by atoms with Gasteiger partial charge < -0.3 is 15.1 Å². The normalized spacial score (nSPS) is 39.5. The van der Waals surface area contributed by atoms with Crippen molar-refractivity contribution in [2.45, 2.75) is 12.0 Å². The molecule has 3 heteroatoms. The third-order valence-electron chi connectivity index (χ3n) is 3.11. The number of nitrogens with one attached hydrogen (secondary N) is 1. The van der Waals surface area contributed by atoms with Crippen LogP contribution in [0.3, 0.4) is 0 Å². The standard InChI is InChI=1S/C9H19N3/c1-11-5-3-9(7-11)8-12(2)6-4-10-9/h10H,3-8H2,1-2H3. The predicted molar refractivity (Wildman–Crippen MR) is 50.3 cm³/mol. The summed E-state index contributed by atoms with van der Waals surface area (Å²) >= 11 is 0. The molecule has 0 bridgehead atoms. The largest absolute Gasteiger partial charge is 0.308 e. The van der Waals surface area contributed by atoms with Crippen LogP contribution in [0.2, 0.25) is 0 Å². The molecule has 2 aliphatic rings. The van der Waals surface area contributed by atoms with Crippen LogP contribution in [0.1, 0.15) is 6.42 Å². The summed E-state index contributed by atoms with van der Waals surface area (Å²) in [6, 6.07) is 0. The molecule has 2 heterocycles. The fraction of sp³-hybridized carbons (Fsp3) is 1.00. The molecule has 1 atom stereocenters. The topological polar surface area (TPSA) is 18.5 Å². The van der Waals surface area contributed by atoms with Crippen LogP contribution in [0.15, 0.2) is 0 Å². The van der Waals surface area contributed by atoms with E-state index in [-0.39, 0.29) is 0 Å². The van der Waals surface area contributed by atoms with Gasteiger partial charge in [-0.25, -0.2) is 0 Å². The molecule has 2 fully saturated rings. The van der Waals surface area contributed by atoms with E-state index in [2.05, 4.69) is 29.2 Å². The first-order valence-corrected chi connectivity index (χ1v) is 4.82. The lowest BCUT2D eigenvalue weighted by Crippen LogP contribution is -2.60. The summed E-state index contributed by atoms with van der Waals surface area (Å²) in [5, 5.41) is 3.67. The quantitative estimate of drug-likeness (QED) is 0.532. The molecule has 70 valence electrons. The fourth-order valence-electron chi connectivity index (χ4n) is 2.52. The molecule has 1 spiro atoms.